The van der Waals surface area contributed by atoms with E-state index in [0.29, 0.717) is 0 Å². The first-order chi connectivity index (χ1) is 6.97. The van der Waals surface area contributed by atoms with Gasteiger partial charge in [0.15, 0.2) is 6.10 Å². The normalized spacial score (nSPS) is 22.5. The molecule has 0 aliphatic carbocycles. The maximum absolute atomic E-state index is 10.8. The van der Waals surface area contributed by atoms with E-state index >= 15 is 0 Å². The molecule has 0 aromatic carbocycles. The van der Waals surface area contributed by atoms with Gasteiger partial charge in [0.05, 0.1) is 6.61 Å². The molecule has 1 aliphatic rings. The first-order valence-corrected chi connectivity index (χ1v) is 3.87. The number of hydrogen-bond acceptors (Lipinski definition) is 7. The number of primary amides is 1. The van der Waals surface area contributed by atoms with Crippen molar-refractivity contribution in [1.29, 1.82) is 0 Å². The summed E-state index contributed by atoms with van der Waals surface area (Å²) in [5.41, 5.74) is 4.67. The van der Waals surface area contributed by atoms with Crippen molar-refractivity contribution in [2.75, 3.05) is 6.61 Å². The van der Waals surface area contributed by atoms with Crippen LogP contribution in [0.4, 0.5) is 4.79 Å². The molecule has 0 aromatic rings. The first-order valence-electron chi connectivity index (χ1n) is 3.87. The van der Waals surface area contributed by atoms with Crippen molar-refractivity contribution in [3.8, 4) is 0 Å². The van der Waals surface area contributed by atoms with Gasteiger partial charge in [-0.05, 0) is 0 Å². The van der Waals surface area contributed by atoms with Crippen molar-refractivity contribution >= 4 is 12.1 Å². The van der Waals surface area contributed by atoms with Gasteiger partial charge in [-0.3, -0.25) is 0 Å². The van der Waals surface area contributed by atoms with Crippen molar-refractivity contribution < 1.29 is 34.4 Å². The largest absolute Gasteiger partial charge is 0.499 e. The summed E-state index contributed by atoms with van der Waals surface area (Å²) in [4.78, 5) is 21.2. The first kappa shape index (κ1) is 11.3. The third-order valence-corrected chi connectivity index (χ3v) is 1.67. The number of carbonyl (C=O) groups excluding carboxylic acids is 2. The molecule has 2 atom stereocenters. The highest BCUT2D eigenvalue weighted by molar-refractivity contribution is 5.89. The van der Waals surface area contributed by atoms with Crippen LogP contribution in [0, 0.1) is 0 Å². The Morgan fingerprint density at radius 2 is 2.27 bits per heavy atom. The quantitative estimate of drug-likeness (QED) is 0.407. The number of aliphatic hydroxyl groups is 3. The summed E-state index contributed by atoms with van der Waals surface area (Å²) in [5, 5.41) is 26.9. The minimum absolute atomic E-state index is 0.603. The maximum atomic E-state index is 10.8. The van der Waals surface area contributed by atoms with Gasteiger partial charge in [-0.15, -0.1) is 0 Å². The van der Waals surface area contributed by atoms with Crippen molar-refractivity contribution in [2.24, 2.45) is 5.73 Å². The summed E-state index contributed by atoms with van der Waals surface area (Å²) in [6, 6.07) is 0. The topological polar surface area (TPSA) is 139 Å². The van der Waals surface area contributed by atoms with Crippen molar-refractivity contribution in [3.05, 3.63) is 11.5 Å². The summed E-state index contributed by atoms with van der Waals surface area (Å²) in [6.45, 7) is -0.739. The molecule has 5 N–H and O–H groups in total. The van der Waals surface area contributed by atoms with E-state index in [1.807, 2.05) is 0 Å². The van der Waals surface area contributed by atoms with E-state index in [0.717, 1.165) is 0 Å². The van der Waals surface area contributed by atoms with E-state index in [2.05, 4.69) is 15.2 Å². The molecular weight excluding hydrogens is 210 g/mol. The standard InChI is InChI=1S/C7H9NO7/c8-7(13)15-5-3(11)6(12)14-4(5)2(10)1-9/h2,4,9-11H,1H2,(H2,8,13)/t2-,4+/m0/s1. The molecular formula is C7H9NO7. The van der Waals surface area contributed by atoms with Crippen LogP contribution in [0.5, 0.6) is 0 Å². The molecule has 84 valence electrons. The predicted octanol–water partition coefficient (Wildman–Crippen LogP) is -1.87. The highest BCUT2D eigenvalue weighted by atomic mass is 16.6. The molecule has 0 fully saturated rings. The number of nitrogens with two attached hydrogens (primary N) is 1. The highest BCUT2D eigenvalue weighted by Gasteiger charge is 2.41. The van der Waals surface area contributed by atoms with Gasteiger partial charge in [0.1, 0.15) is 6.10 Å². The number of ether oxygens (including phenoxy) is 2. The number of rotatable bonds is 3. The Bertz CT molecular complexity index is 323. The molecule has 0 unspecified atom stereocenters. The lowest BCUT2D eigenvalue weighted by molar-refractivity contribution is -0.147. The lowest BCUT2D eigenvalue weighted by Crippen LogP contribution is -2.33. The Hall–Kier alpha value is -1.80. The van der Waals surface area contributed by atoms with Crippen LogP contribution in [0.2, 0.25) is 0 Å². The molecule has 0 saturated heterocycles. The Morgan fingerprint density at radius 1 is 1.67 bits per heavy atom. The molecule has 0 radical (unpaired) electrons. The van der Waals surface area contributed by atoms with E-state index in [4.69, 9.17) is 10.2 Å². The smallest absolute Gasteiger partial charge is 0.409 e. The zero-order valence-electron chi connectivity index (χ0n) is 7.41. The molecule has 1 aliphatic heterocycles. The second-order valence-electron chi connectivity index (χ2n) is 2.71. The van der Waals surface area contributed by atoms with E-state index in [1.165, 1.54) is 0 Å². The number of carbonyl (C=O) groups is 2. The molecule has 8 heteroatoms. The highest BCUT2D eigenvalue weighted by Crippen LogP contribution is 2.24. The van der Waals surface area contributed by atoms with Gasteiger partial charge in [-0.1, -0.05) is 0 Å². The van der Waals surface area contributed by atoms with E-state index in [1.54, 1.807) is 0 Å². The Kier molecular flexibility index (Phi) is 3.12. The van der Waals surface area contributed by atoms with E-state index in [9.17, 15) is 14.7 Å². The van der Waals surface area contributed by atoms with Crippen LogP contribution in [-0.2, 0) is 14.3 Å². The molecule has 0 aromatic heterocycles. The second kappa shape index (κ2) is 4.15. The molecule has 0 saturated carbocycles. The Morgan fingerprint density at radius 3 is 2.73 bits per heavy atom. The van der Waals surface area contributed by atoms with Crippen LogP contribution in [0.15, 0.2) is 11.5 Å². The summed E-state index contributed by atoms with van der Waals surface area (Å²) < 4.78 is 8.71. The average Bonchev–Trinajstić information content (AvgIpc) is 2.44. The fraction of sp³-hybridized carbons (Fsp3) is 0.429. The van der Waals surface area contributed by atoms with Crippen LogP contribution >= 0.6 is 0 Å². The number of amides is 1. The number of aliphatic hydroxyl groups excluding tert-OH is 3. The molecule has 1 rings (SSSR count). The van der Waals surface area contributed by atoms with Crippen LogP contribution < -0.4 is 5.73 Å². The van der Waals surface area contributed by atoms with Crippen molar-refractivity contribution in [1.82, 2.24) is 0 Å². The zero-order valence-corrected chi connectivity index (χ0v) is 7.41. The molecule has 8 nitrogen and oxygen atoms in total. The SMILES string of the molecule is NC(=O)OC1=C(O)C(=O)O[C@@H]1[C@@H](O)CO. The second-order valence-corrected chi connectivity index (χ2v) is 2.71. The summed E-state index contributed by atoms with van der Waals surface area (Å²) in [5.74, 6) is -2.72. The lowest BCUT2D eigenvalue weighted by Gasteiger charge is -2.16. The molecule has 15 heavy (non-hydrogen) atoms. The summed E-state index contributed by atoms with van der Waals surface area (Å²) in [7, 11) is 0. The minimum Gasteiger partial charge on any atom is -0.499 e. The third-order valence-electron chi connectivity index (χ3n) is 1.67. The van der Waals surface area contributed by atoms with Gasteiger partial charge in [0, 0.05) is 0 Å². The predicted molar refractivity (Wildman–Crippen MR) is 43.3 cm³/mol. The molecule has 0 spiro atoms. The van der Waals surface area contributed by atoms with Crippen LogP contribution in [0.3, 0.4) is 0 Å². The van der Waals surface area contributed by atoms with Crippen molar-refractivity contribution in [2.45, 2.75) is 12.2 Å². The maximum Gasteiger partial charge on any atom is 0.409 e. The Labute approximate surface area is 83.5 Å². The lowest BCUT2D eigenvalue weighted by atomic mass is 10.2. The number of cyclic esters (lactones) is 1. The zero-order chi connectivity index (χ0) is 11.6. The van der Waals surface area contributed by atoms with E-state index < -0.39 is 42.4 Å². The monoisotopic (exact) mass is 219 g/mol. The van der Waals surface area contributed by atoms with Gasteiger partial charge < -0.3 is 30.5 Å². The fourth-order valence-electron chi connectivity index (χ4n) is 1.02. The van der Waals surface area contributed by atoms with Crippen LogP contribution in [-0.4, -0.2) is 46.2 Å². The molecule has 0 bridgehead atoms. The Balaban J connectivity index is 2.92. The van der Waals surface area contributed by atoms with E-state index in [-0.39, 0.29) is 0 Å². The van der Waals surface area contributed by atoms with Gasteiger partial charge in [-0.2, -0.15) is 0 Å². The van der Waals surface area contributed by atoms with Crippen LogP contribution in [0.1, 0.15) is 0 Å². The molecule has 1 amide bonds. The number of esters is 1. The van der Waals surface area contributed by atoms with Gasteiger partial charge in [0.2, 0.25) is 11.5 Å². The van der Waals surface area contributed by atoms with Gasteiger partial charge in [0.25, 0.3) is 0 Å². The summed E-state index contributed by atoms with van der Waals surface area (Å²) in [6.07, 6.45) is -4.21. The van der Waals surface area contributed by atoms with Crippen LogP contribution in [0.25, 0.3) is 0 Å². The summed E-state index contributed by atoms with van der Waals surface area (Å²) >= 11 is 0. The molecule has 1 heterocycles. The van der Waals surface area contributed by atoms with Gasteiger partial charge >= 0.3 is 12.1 Å². The fourth-order valence-corrected chi connectivity index (χ4v) is 1.02. The third kappa shape index (κ3) is 2.17. The number of hydrogen-bond donors (Lipinski definition) is 4. The minimum atomic E-state index is -1.51. The average molecular weight is 219 g/mol. The van der Waals surface area contributed by atoms with Crippen molar-refractivity contribution in [3.63, 3.8) is 0 Å². The van der Waals surface area contributed by atoms with Gasteiger partial charge in [-0.25, -0.2) is 9.59 Å².